The van der Waals surface area contributed by atoms with Crippen molar-refractivity contribution in [3.63, 3.8) is 0 Å². The molecule has 0 saturated carbocycles. The molecule has 0 radical (unpaired) electrons. The molecule has 0 rings (SSSR count). The zero-order valence-corrected chi connectivity index (χ0v) is 34.4. The quantitative estimate of drug-likeness (QED) is 0.0244. The number of allylic oxidation sites excluding steroid dienone is 4. The molecule has 52 heavy (non-hydrogen) atoms. The van der Waals surface area contributed by atoms with Gasteiger partial charge in [-0.25, -0.2) is 4.57 Å². The Morgan fingerprint density at radius 2 is 1.04 bits per heavy atom. The Morgan fingerprint density at radius 1 is 0.596 bits per heavy atom. The largest absolute Gasteiger partial charge is 0.472 e. The SMILES string of the molecule is CCCCC/C=C\C/C=C\CCCCCCCCCCCC(=O)NCCOP(=O)(O)OCC(O)COC(=O)CCCCCCCCCCCCCC. The number of carbonyl (C=O) groups excluding carboxylic acids is 2. The number of aliphatic hydroxyl groups is 1. The van der Waals surface area contributed by atoms with Crippen molar-refractivity contribution in [1.82, 2.24) is 5.32 Å². The van der Waals surface area contributed by atoms with Gasteiger partial charge in [0.1, 0.15) is 12.7 Å². The number of esters is 1. The molecule has 0 fully saturated rings. The number of nitrogens with one attached hydrogen (secondary N) is 1. The highest BCUT2D eigenvalue weighted by molar-refractivity contribution is 7.47. The fourth-order valence-electron chi connectivity index (χ4n) is 5.88. The number of phosphoric acid groups is 1. The molecule has 0 spiro atoms. The first kappa shape index (κ1) is 50.5. The Morgan fingerprint density at radius 3 is 1.58 bits per heavy atom. The summed E-state index contributed by atoms with van der Waals surface area (Å²) in [5.74, 6) is -0.516. The first-order chi connectivity index (χ1) is 25.3. The molecule has 0 aliphatic rings. The number of carbonyl (C=O) groups is 2. The van der Waals surface area contributed by atoms with E-state index in [2.05, 4.69) is 43.5 Å². The second-order valence-electron chi connectivity index (χ2n) is 14.3. The third-order valence-electron chi connectivity index (χ3n) is 9.13. The summed E-state index contributed by atoms with van der Waals surface area (Å²) in [7, 11) is -4.41. The molecular weight excluding hydrogens is 677 g/mol. The third-order valence-corrected chi connectivity index (χ3v) is 10.1. The normalized spacial score (nSPS) is 13.5. The molecule has 306 valence electrons. The van der Waals surface area contributed by atoms with Crippen LogP contribution in [0.25, 0.3) is 0 Å². The van der Waals surface area contributed by atoms with Crippen LogP contribution in [0, 0.1) is 0 Å². The molecular formula is C42H80NO8P. The van der Waals surface area contributed by atoms with Gasteiger partial charge in [-0.05, 0) is 44.9 Å². The monoisotopic (exact) mass is 758 g/mol. The zero-order valence-electron chi connectivity index (χ0n) is 33.5. The molecule has 10 heteroatoms. The van der Waals surface area contributed by atoms with E-state index in [0.717, 1.165) is 44.9 Å². The molecule has 0 saturated heterocycles. The van der Waals surface area contributed by atoms with E-state index in [9.17, 15) is 24.2 Å². The minimum Gasteiger partial charge on any atom is -0.463 e. The number of amides is 1. The minimum atomic E-state index is -4.41. The molecule has 2 atom stereocenters. The predicted molar refractivity (Wildman–Crippen MR) is 215 cm³/mol. The summed E-state index contributed by atoms with van der Waals surface area (Å²) in [5, 5.41) is 12.7. The summed E-state index contributed by atoms with van der Waals surface area (Å²) in [6.45, 7) is 3.53. The molecule has 0 bridgehead atoms. The average molecular weight is 758 g/mol. The van der Waals surface area contributed by atoms with Crippen molar-refractivity contribution in [2.75, 3.05) is 26.4 Å². The van der Waals surface area contributed by atoms with Gasteiger partial charge in [0.25, 0.3) is 0 Å². The van der Waals surface area contributed by atoms with E-state index in [0.29, 0.717) is 6.42 Å². The molecule has 0 aromatic rings. The number of hydrogen-bond acceptors (Lipinski definition) is 7. The van der Waals surface area contributed by atoms with E-state index in [-0.39, 0.29) is 32.1 Å². The van der Waals surface area contributed by atoms with E-state index < -0.39 is 26.5 Å². The standard InChI is InChI=1S/C42H80NO8P/c1-3-5-7-9-11-13-15-17-18-19-20-21-22-23-24-26-28-30-32-34-41(45)43-36-37-50-52(47,48)51-39-40(44)38-49-42(46)35-33-31-29-27-25-16-14-12-10-8-6-4-2/h11,13,17-18,40,44H,3-10,12,14-16,19-39H2,1-2H3,(H,43,45)(H,47,48)/b13-11-,18-17-. The van der Waals surface area contributed by atoms with Gasteiger partial charge < -0.3 is 20.1 Å². The van der Waals surface area contributed by atoms with Crippen molar-refractivity contribution < 1.29 is 37.9 Å². The molecule has 0 heterocycles. The number of phosphoric ester groups is 1. The number of hydrogen-bond donors (Lipinski definition) is 3. The molecule has 9 nitrogen and oxygen atoms in total. The molecule has 0 aromatic carbocycles. The lowest BCUT2D eigenvalue weighted by Gasteiger charge is -2.15. The lowest BCUT2D eigenvalue weighted by Crippen LogP contribution is -2.27. The molecule has 3 N–H and O–H groups in total. The van der Waals surface area contributed by atoms with Crippen LogP contribution in [0.4, 0.5) is 0 Å². The van der Waals surface area contributed by atoms with Gasteiger partial charge in [0.2, 0.25) is 5.91 Å². The second kappa shape index (κ2) is 39.2. The molecule has 1 amide bonds. The minimum absolute atomic E-state index is 0.0813. The van der Waals surface area contributed by atoms with E-state index in [1.54, 1.807) is 0 Å². The number of rotatable bonds is 40. The van der Waals surface area contributed by atoms with Gasteiger partial charge in [0.05, 0.1) is 13.2 Å². The van der Waals surface area contributed by atoms with Crippen LogP contribution >= 0.6 is 7.82 Å². The fourth-order valence-corrected chi connectivity index (χ4v) is 6.64. The summed E-state index contributed by atoms with van der Waals surface area (Å²) in [6.07, 6.45) is 41.0. The topological polar surface area (TPSA) is 131 Å². The van der Waals surface area contributed by atoms with Gasteiger partial charge in [0, 0.05) is 19.4 Å². The first-order valence-electron chi connectivity index (χ1n) is 21.3. The third kappa shape index (κ3) is 39.7. The summed E-state index contributed by atoms with van der Waals surface area (Å²) in [5.41, 5.74) is 0. The van der Waals surface area contributed by atoms with Crippen LogP contribution in [0.2, 0.25) is 0 Å². The van der Waals surface area contributed by atoms with E-state index in [4.69, 9.17) is 13.8 Å². The van der Waals surface area contributed by atoms with Gasteiger partial charge in [-0.15, -0.1) is 0 Å². The van der Waals surface area contributed by atoms with Crippen LogP contribution in [-0.4, -0.2) is 54.3 Å². The Balaban J connectivity index is 3.58. The highest BCUT2D eigenvalue weighted by Gasteiger charge is 2.23. The number of ether oxygens (including phenoxy) is 1. The van der Waals surface area contributed by atoms with E-state index in [1.165, 1.54) is 128 Å². The lowest BCUT2D eigenvalue weighted by atomic mass is 10.0. The molecule has 0 aliphatic carbocycles. The second-order valence-corrected chi connectivity index (χ2v) is 15.8. The van der Waals surface area contributed by atoms with E-state index in [1.807, 2.05) is 0 Å². The smallest absolute Gasteiger partial charge is 0.463 e. The summed E-state index contributed by atoms with van der Waals surface area (Å²) in [6, 6.07) is 0. The average Bonchev–Trinajstić information content (AvgIpc) is 3.13. The Bertz CT molecular complexity index is 912. The van der Waals surface area contributed by atoms with Crippen molar-refractivity contribution in [2.24, 2.45) is 0 Å². The first-order valence-corrected chi connectivity index (χ1v) is 22.8. The van der Waals surface area contributed by atoms with Crippen molar-refractivity contribution in [3.8, 4) is 0 Å². The number of aliphatic hydroxyl groups excluding tert-OH is 1. The zero-order chi connectivity index (χ0) is 38.2. The van der Waals surface area contributed by atoms with Crippen molar-refractivity contribution in [3.05, 3.63) is 24.3 Å². The predicted octanol–water partition coefficient (Wildman–Crippen LogP) is 11.6. The van der Waals surface area contributed by atoms with Crippen molar-refractivity contribution in [2.45, 2.75) is 206 Å². The number of unbranched alkanes of at least 4 members (excludes halogenated alkanes) is 23. The van der Waals surface area contributed by atoms with Crippen LogP contribution in [0.5, 0.6) is 0 Å². The van der Waals surface area contributed by atoms with Crippen molar-refractivity contribution >= 4 is 19.7 Å². The van der Waals surface area contributed by atoms with Crippen molar-refractivity contribution in [1.29, 1.82) is 0 Å². The van der Waals surface area contributed by atoms with Crippen LogP contribution < -0.4 is 5.32 Å². The molecule has 0 aromatic heterocycles. The highest BCUT2D eigenvalue weighted by Crippen LogP contribution is 2.42. The van der Waals surface area contributed by atoms with Crippen LogP contribution in [0.15, 0.2) is 24.3 Å². The maximum atomic E-state index is 12.1. The summed E-state index contributed by atoms with van der Waals surface area (Å²) >= 11 is 0. The Kier molecular flexibility index (Phi) is 38.1. The highest BCUT2D eigenvalue weighted by atomic mass is 31.2. The van der Waals surface area contributed by atoms with Gasteiger partial charge in [-0.1, -0.05) is 167 Å². The van der Waals surface area contributed by atoms with E-state index >= 15 is 0 Å². The lowest BCUT2D eigenvalue weighted by molar-refractivity contribution is -0.147. The Labute approximate surface area is 319 Å². The summed E-state index contributed by atoms with van der Waals surface area (Å²) in [4.78, 5) is 33.8. The maximum absolute atomic E-state index is 12.1. The van der Waals surface area contributed by atoms with Crippen LogP contribution in [-0.2, 0) is 27.9 Å². The maximum Gasteiger partial charge on any atom is 0.472 e. The van der Waals surface area contributed by atoms with Crippen LogP contribution in [0.3, 0.4) is 0 Å². The fraction of sp³-hybridized carbons (Fsp3) is 0.857. The van der Waals surface area contributed by atoms with Gasteiger partial charge in [-0.3, -0.25) is 18.6 Å². The van der Waals surface area contributed by atoms with Gasteiger partial charge in [0.15, 0.2) is 0 Å². The summed E-state index contributed by atoms with van der Waals surface area (Å²) < 4.78 is 26.8. The van der Waals surface area contributed by atoms with Gasteiger partial charge >= 0.3 is 13.8 Å². The molecule has 2 unspecified atom stereocenters. The van der Waals surface area contributed by atoms with Crippen LogP contribution in [0.1, 0.15) is 200 Å². The molecule has 0 aliphatic heterocycles. The Hall–Kier alpha value is -1.51. The van der Waals surface area contributed by atoms with Gasteiger partial charge in [-0.2, -0.15) is 0 Å².